The smallest absolute Gasteiger partial charge is 0.272 e. The van der Waals surface area contributed by atoms with Crippen molar-refractivity contribution in [3.63, 3.8) is 0 Å². The Bertz CT molecular complexity index is 1530. The first kappa shape index (κ1) is 31.7. The van der Waals surface area contributed by atoms with Crippen LogP contribution in [0.4, 0.5) is 0 Å². The molecule has 0 aliphatic heterocycles. The number of likely N-dealkylation sites (N-methyl/N-ethyl adjacent to an activating group) is 1. The third kappa shape index (κ3) is 8.82. The predicted octanol–water partition coefficient (Wildman–Crippen LogP) is 4.85. The molecule has 1 amide bonds. The number of aromatic nitrogens is 2. The van der Waals surface area contributed by atoms with Gasteiger partial charge in [0.1, 0.15) is 0 Å². The summed E-state index contributed by atoms with van der Waals surface area (Å²) in [5, 5.41) is 8.36. The van der Waals surface area contributed by atoms with E-state index in [0.717, 1.165) is 12.8 Å². The van der Waals surface area contributed by atoms with Gasteiger partial charge in [-0.2, -0.15) is 5.10 Å². The van der Waals surface area contributed by atoms with Crippen LogP contribution in [0.5, 0.6) is 0 Å². The van der Waals surface area contributed by atoms with Gasteiger partial charge >= 0.3 is 0 Å². The molecule has 8 nitrogen and oxygen atoms in total. The Morgan fingerprint density at radius 2 is 1.82 bits per heavy atom. The highest BCUT2D eigenvalue weighted by molar-refractivity contribution is 7.89. The second kappa shape index (κ2) is 13.2. The molecule has 0 atom stereocenters. The molecule has 0 saturated carbocycles. The SMILES string of the molecule is COCCN(C)CC#Cc1ccc(-n2nc(C(=O)NC(C)(C)C)c(CS(C)(=O)=O)c2-c2ccc(Cl)cc2)c(Cl)c1. The molecule has 214 valence electrons. The van der Waals surface area contributed by atoms with Crippen molar-refractivity contribution in [1.82, 2.24) is 20.0 Å². The van der Waals surface area contributed by atoms with Crippen LogP contribution in [-0.2, 0) is 20.3 Å². The molecule has 1 heterocycles. The minimum Gasteiger partial charge on any atom is -0.383 e. The number of carbonyl (C=O) groups is 1. The minimum absolute atomic E-state index is 0.00401. The largest absolute Gasteiger partial charge is 0.383 e. The number of nitrogens with zero attached hydrogens (tertiary/aromatic N) is 3. The van der Waals surface area contributed by atoms with Crippen molar-refractivity contribution in [2.45, 2.75) is 32.1 Å². The normalized spacial score (nSPS) is 11.8. The zero-order valence-corrected chi connectivity index (χ0v) is 25.8. The number of halogens is 2. The highest BCUT2D eigenvalue weighted by Crippen LogP contribution is 2.34. The van der Waals surface area contributed by atoms with Gasteiger partial charge in [0.15, 0.2) is 15.5 Å². The maximum atomic E-state index is 13.4. The van der Waals surface area contributed by atoms with Crippen molar-refractivity contribution in [1.29, 1.82) is 0 Å². The number of carbonyl (C=O) groups excluding carboxylic acids is 1. The summed E-state index contributed by atoms with van der Waals surface area (Å²) < 4.78 is 31.6. The van der Waals surface area contributed by atoms with Crippen LogP contribution in [0.25, 0.3) is 16.9 Å². The third-order valence-corrected chi connectivity index (χ3v) is 7.01. The summed E-state index contributed by atoms with van der Waals surface area (Å²) in [4.78, 5) is 15.4. The van der Waals surface area contributed by atoms with E-state index in [4.69, 9.17) is 27.9 Å². The van der Waals surface area contributed by atoms with Gasteiger partial charge in [0.05, 0.1) is 35.3 Å². The van der Waals surface area contributed by atoms with Crippen LogP contribution in [0.15, 0.2) is 42.5 Å². The summed E-state index contributed by atoms with van der Waals surface area (Å²) in [5.41, 5.74) is 1.94. The molecule has 0 bridgehead atoms. The van der Waals surface area contributed by atoms with Crippen molar-refractivity contribution in [2.75, 3.05) is 40.1 Å². The Balaban J connectivity index is 2.17. The van der Waals surface area contributed by atoms with Gasteiger partial charge in [-0.15, -0.1) is 0 Å². The molecular formula is C29H34Cl2N4O4S. The Hall–Kier alpha value is -2.87. The van der Waals surface area contributed by atoms with E-state index in [0.29, 0.717) is 45.7 Å². The van der Waals surface area contributed by atoms with E-state index in [2.05, 4.69) is 22.3 Å². The van der Waals surface area contributed by atoms with Crippen molar-refractivity contribution < 1.29 is 17.9 Å². The molecule has 0 aliphatic rings. The second-order valence-corrected chi connectivity index (χ2v) is 13.6. The average molecular weight is 606 g/mol. The van der Waals surface area contributed by atoms with Crippen molar-refractivity contribution in [3.8, 4) is 28.8 Å². The van der Waals surface area contributed by atoms with E-state index in [1.54, 1.807) is 43.5 Å². The molecule has 1 aromatic heterocycles. The molecule has 0 unspecified atom stereocenters. The van der Waals surface area contributed by atoms with Crippen molar-refractivity contribution in [2.24, 2.45) is 0 Å². The molecule has 0 spiro atoms. The lowest BCUT2D eigenvalue weighted by atomic mass is 10.0. The van der Waals surface area contributed by atoms with Crippen LogP contribution >= 0.6 is 23.2 Å². The lowest BCUT2D eigenvalue weighted by Gasteiger charge is -2.20. The number of benzene rings is 2. The van der Waals surface area contributed by atoms with E-state index >= 15 is 0 Å². The number of methoxy groups -OCH3 is 1. The first-order valence-electron chi connectivity index (χ1n) is 12.5. The maximum absolute atomic E-state index is 13.4. The lowest BCUT2D eigenvalue weighted by Crippen LogP contribution is -2.41. The van der Waals surface area contributed by atoms with E-state index in [-0.39, 0.29) is 11.3 Å². The van der Waals surface area contributed by atoms with E-state index in [9.17, 15) is 13.2 Å². The fourth-order valence-corrected chi connectivity index (χ4v) is 5.05. The number of amides is 1. The van der Waals surface area contributed by atoms with Crippen LogP contribution in [0.1, 0.15) is 42.4 Å². The van der Waals surface area contributed by atoms with Gasteiger partial charge in [0.2, 0.25) is 0 Å². The van der Waals surface area contributed by atoms with Crippen LogP contribution in [0.3, 0.4) is 0 Å². The van der Waals surface area contributed by atoms with Crippen molar-refractivity contribution in [3.05, 3.63) is 69.3 Å². The maximum Gasteiger partial charge on any atom is 0.272 e. The van der Waals surface area contributed by atoms with Crippen LogP contribution in [0.2, 0.25) is 10.0 Å². The third-order valence-electron chi connectivity index (χ3n) is 5.65. The topological polar surface area (TPSA) is 93.5 Å². The summed E-state index contributed by atoms with van der Waals surface area (Å²) in [6, 6.07) is 12.2. The van der Waals surface area contributed by atoms with Gasteiger partial charge in [-0.25, -0.2) is 13.1 Å². The number of sulfone groups is 1. The van der Waals surface area contributed by atoms with Gasteiger partial charge in [-0.3, -0.25) is 9.69 Å². The molecule has 1 N–H and O–H groups in total. The van der Waals surface area contributed by atoms with Crippen LogP contribution < -0.4 is 5.32 Å². The van der Waals surface area contributed by atoms with Crippen LogP contribution in [0, 0.1) is 11.8 Å². The molecule has 0 aliphatic carbocycles. The monoisotopic (exact) mass is 604 g/mol. The first-order chi connectivity index (χ1) is 18.7. The number of ether oxygens (including phenoxy) is 1. The van der Waals surface area contributed by atoms with Gasteiger partial charge in [-0.1, -0.05) is 47.2 Å². The average Bonchev–Trinajstić information content (AvgIpc) is 3.19. The van der Waals surface area contributed by atoms with Gasteiger partial charge < -0.3 is 10.1 Å². The molecule has 0 saturated heterocycles. The Kier molecular flexibility index (Phi) is 10.4. The highest BCUT2D eigenvalue weighted by atomic mass is 35.5. The van der Waals surface area contributed by atoms with Gasteiger partial charge in [-0.05, 0) is 58.2 Å². The molecular weight excluding hydrogens is 571 g/mol. The molecule has 2 aromatic carbocycles. The van der Waals surface area contributed by atoms with Gasteiger partial charge in [0.25, 0.3) is 5.91 Å². The zero-order chi connectivity index (χ0) is 29.7. The standard InChI is InChI=1S/C29H34Cl2N4O4S/c1-29(2,3)32-28(36)26-23(19-40(6,37)38)27(21-10-12-22(30)13-11-21)35(33-26)25-14-9-20(18-24(25)31)8-7-15-34(4)16-17-39-5/h9-14,18H,15-17,19H2,1-6H3,(H,32,36). The summed E-state index contributed by atoms with van der Waals surface area (Å²) in [5.74, 6) is 5.35. The summed E-state index contributed by atoms with van der Waals surface area (Å²) in [6.45, 7) is 7.45. The predicted molar refractivity (Wildman–Crippen MR) is 161 cm³/mol. The summed E-state index contributed by atoms with van der Waals surface area (Å²) in [7, 11) is 0.0703. The fourth-order valence-electron chi connectivity index (χ4n) is 3.87. The summed E-state index contributed by atoms with van der Waals surface area (Å²) in [6.07, 6.45) is 1.12. The molecule has 3 rings (SSSR count). The van der Waals surface area contributed by atoms with E-state index in [1.807, 2.05) is 38.8 Å². The lowest BCUT2D eigenvalue weighted by molar-refractivity contribution is 0.0913. The number of rotatable bonds is 9. The molecule has 40 heavy (non-hydrogen) atoms. The molecule has 11 heteroatoms. The quantitative estimate of drug-likeness (QED) is 0.351. The molecule has 0 fully saturated rings. The number of hydrogen-bond donors (Lipinski definition) is 1. The van der Waals surface area contributed by atoms with E-state index < -0.39 is 27.0 Å². The molecule has 3 aromatic rings. The fraction of sp³-hybridized carbons (Fsp3) is 0.379. The number of hydrogen-bond acceptors (Lipinski definition) is 6. The zero-order valence-electron chi connectivity index (χ0n) is 23.5. The highest BCUT2D eigenvalue weighted by Gasteiger charge is 2.29. The van der Waals surface area contributed by atoms with Gasteiger partial charge in [0, 0.05) is 47.2 Å². The van der Waals surface area contributed by atoms with Crippen LogP contribution in [-0.4, -0.2) is 74.7 Å². The van der Waals surface area contributed by atoms with Crippen molar-refractivity contribution >= 4 is 38.9 Å². The molecule has 0 radical (unpaired) electrons. The Morgan fingerprint density at radius 3 is 2.40 bits per heavy atom. The number of nitrogens with one attached hydrogen (secondary N) is 1. The van der Waals surface area contributed by atoms with E-state index in [1.165, 1.54) is 4.68 Å². The summed E-state index contributed by atoms with van der Waals surface area (Å²) >= 11 is 12.9. The second-order valence-electron chi connectivity index (χ2n) is 10.6. The Morgan fingerprint density at radius 1 is 1.15 bits per heavy atom. The first-order valence-corrected chi connectivity index (χ1v) is 15.3. The Labute approximate surface area is 246 Å². The minimum atomic E-state index is -3.55.